The fraction of sp³-hybridized carbons (Fsp3) is 0.111. The molecule has 0 radical (unpaired) electrons. The summed E-state index contributed by atoms with van der Waals surface area (Å²) in [5, 5.41) is 30.3. The van der Waals surface area contributed by atoms with E-state index in [1.165, 1.54) is 30.6 Å². The maximum Gasteiger partial charge on any atom is 0.139 e. The number of hydrogen-bond donors (Lipinski definition) is 1. The Balaban J connectivity index is 2.41. The molecule has 16 heavy (non-hydrogen) atoms. The second kappa shape index (κ2) is 3.97. The highest BCUT2D eigenvalue weighted by Crippen LogP contribution is 2.19. The molecule has 0 saturated carbocycles. The van der Waals surface area contributed by atoms with Crippen molar-refractivity contribution >= 4 is 5.97 Å². The number of rotatable bonds is 3. The summed E-state index contributed by atoms with van der Waals surface area (Å²) >= 11 is 0. The number of phenols is 1. The molecular weight excluding hydrogens is 212 g/mol. The summed E-state index contributed by atoms with van der Waals surface area (Å²) in [6.07, 6.45) is 1.19. The number of tetrazole rings is 1. The number of aliphatic carboxylic acids is 1. The number of nitrogens with zero attached hydrogens (tertiary/aromatic N) is 4. The summed E-state index contributed by atoms with van der Waals surface area (Å²) < 4.78 is 1.07. The van der Waals surface area contributed by atoms with Gasteiger partial charge < -0.3 is 15.0 Å². The number of aromatic nitrogens is 4. The minimum absolute atomic E-state index is 0.0533. The summed E-state index contributed by atoms with van der Waals surface area (Å²) in [5.74, 6) is -1.27. The lowest BCUT2D eigenvalue weighted by Gasteiger charge is -2.17. The largest absolute Gasteiger partial charge is 0.547 e. The standard InChI is InChI=1S/C9H8N4O3/c14-7-3-1-6(2-4-7)8(9(15)16)13-5-10-11-12-13/h1-5,8,14H,(H,15,16)/p-1/t8-/m1/s1. The first-order valence-corrected chi connectivity index (χ1v) is 4.41. The van der Waals surface area contributed by atoms with Gasteiger partial charge in [-0.05, 0) is 28.1 Å². The third-order valence-corrected chi connectivity index (χ3v) is 2.06. The quantitative estimate of drug-likeness (QED) is 0.689. The molecule has 1 heterocycles. The predicted octanol–water partition coefficient (Wildman–Crippen LogP) is -1.28. The minimum Gasteiger partial charge on any atom is -0.547 e. The molecule has 0 aliphatic heterocycles. The van der Waals surface area contributed by atoms with Gasteiger partial charge in [0.25, 0.3) is 0 Å². The number of phenolic OH excluding ortho intramolecular Hbond substituents is 1. The van der Waals surface area contributed by atoms with Crippen LogP contribution in [-0.2, 0) is 4.79 Å². The van der Waals surface area contributed by atoms with E-state index in [2.05, 4.69) is 15.5 Å². The van der Waals surface area contributed by atoms with E-state index in [0.29, 0.717) is 5.56 Å². The maximum atomic E-state index is 11.0. The highest BCUT2D eigenvalue weighted by Gasteiger charge is 2.16. The van der Waals surface area contributed by atoms with Gasteiger partial charge in [0.15, 0.2) is 0 Å². The van der Waals surface area contributed by atoms with E-state index in [9.17, 15) is 9.90 Å². The monoisotopic (exact) mass is 219 g/mol. The van der Waals surface area contributed by atoms with E-state index >= 15 is 0 Å². The molecule has 0 amide bonds. The number of carbonyl (C=O) groups is 1. The molecule has 0 aliphatic rings. The fourth-order valence-corrected chi connectivity index (χ4v) is 1.34. The molecule has 1 aromatic carbocycles. The van der Waals surface area contributed by atoms with Crippen molar-refractivity contribution in [2.45, 2.75) is 6.04 Å². The van der Waals surface area contributed by atoms with E-state index in [4.69, 9.17) is 5.11 Å². The Kier molecular flexibility index (Phi) is 2.50. The van der Waals surface area contributed by atoms with Crippen LogP contribution in [0.15, 0.2) is 30.6 Å². The molecule has 0 fully saturated rings. The topological polar surface area (TPSA) is 104 Å². The van der Waals surface area contributed by atoms with Crippen molar-refractivity contribution in [3.63, 3.8) is 0 Å². The van der Waals surface area contributed by atoms with E-state index in [1.807, 2.05) is 0 Å². The highest BCUT2D eigenvalue weighted by molar-refractivity contribution is 5.73. The molecule has 0 unspecified atom stereocenters. The van der Waals surface area contributed by atoms with Crippen LogP contribution >= 0.6 is 0 Å². The predicted molar refractivity (Wildman–Crippen MR) is 49.1 cm³/mol. The van der Waals surface area contributed by atoms with Gasteiger partial charge in [-0.1, -0.05) is 12.1 Å². The Bertz CT molecular complexity index is 480. The number of hydrogen-bond acceptors (Lipinski definition) is 6. The zero-order valence-corrected chi connectivity index (χ0v) is 8.02. The molecule has 1 atom stereocenters. The third-order valence-electron chi connectivity index (χ3n) is 2.06. The van der Waals surface area contributed by atoms with Crippen LogP contribution in [0.3, 0.4) is 0 Å². The van der Waals surface area contributed by atoms with Crippen LogP contribution in [0.5, 0.6) is 5.75 Å². The summed E-state index contributed by atoms with van der Waals surface area (Å²) in [6.45, 7) is 0. The summed E-state index contributed by atoms with van der Waals surface area (Å²) in [6, 6.07) is 4.61. The van der Waals surface area contributed by atoms with Gasteiger partial charge in [-0.25, -0.2) is 4.68 Å². The summed E-state index contributed by atoms with van der Waals surface area (Å²) in [4.78, 5) is 11.0. The summed E-state index contributed by atoms with van der Waals surface area (Å²) in [5.41, 5.74) is 0.421. The van der Waals surface area contributed by atoms with Crippen molar-refractivity contribution in [3.05, 3.63) is 36.2 Å². The van der Waals surface area contributed by atoms with Gasteiger partial charge in [0.2, 0.25) is 0 Å². The van der Waals surface area contributed by atoms with Crippen molar-refractivity contribution in [1.29, 1.82) is 0 Å². The second-order valence-electron chi connectivity index (χ2n) is 3.10. The molecule has 0 spiro atoms. The van der Waals surface area contributed by atoms with E-state index in [-0.39, 0.29) is 5.75 Å². The van der Waals surface area contributed by atoms with Crippen LogP contribution in [0.2, 0.25) is 0 Å². The Morgan fingerprint density at radius 2 is 2.06 bits per heavy atom. The first kappa shape index (κ1) is 10.1. The van der Waals surface area contributed by atoms with Crippen molar-refractivity contribution < 1.29 is 15.0 Å². The highest BCUT2D eigenvalue weighted by atomic mass is 16.4. The maximum absolute atomic E-state index is 11.0. The zero-order chi connectivity index (χ0) is 11.5. The first-order valence-electron chi connectivity index (χ1n) is 4.41. The Labute approximate surface area is 90.0 Å². The SMILES string of the molecule is O=C([O-])[C@@H](c1ccc(O)cc1)n1cnnn1. The molecule has 1 aromatic heterocycles. The van der Waals surface area contributed by atoms with Gasteiger partial charge in [-0.3, -0.25) is 0 Å². The van der Waals surface area contributed by atoms with Crippen LogP contribution in [0.25, 0.3) is 0 Å². The van der Waals surface area contributed by atoms with Gasteiger partial charge in [-0.2, -0.15) is 0 Å². The van der Waals surface area contributed by atoms with Crippen LogP contribution < -0.4 is 5.11 Å². The molecule has 1 N–H and O–H groups in total. The first-order chi connectivity index (χ1) is 7.68. The number of aromatic hydroxyl groups is 1. The van der Waals surface area contributed by atoms with E-state index in [1.54, 1.807) is 0 Å². The second-order valence-corrected chi connectivity index (χ2v) is 3.10. The number of carbonyl (C=O) groups excluding carboxylic acids is 1. The Hall–Kier alpha value is -2.44. The Morgan fingerprint density at radius 1 is 1.38 bits per heavy atom. The smallest absolute Gasteiger partial charge is 0.139 e. The number of benzene rings is 1. The van der Waals surface area contributed by atoms with Gasteiger partial charge in [0.1, 0.15) is 18.1 Å². The Morgan fingerprint density at radius 3 is 2.56 bits per heavy atom. The average molecular weight is 219 g/mol. The third kappa shape index (κ3) is 1.83. The minimum atomic E-state index is -1.32. The van der Waals surface area contributed by atoms with Crippen molar-refractivity contribution in [3.8, 4) is 5.75 Å². The number of carboxylic acid groups (broad SMARTS) is 1. The molecular formula is C9H7N4O3-. The fourth-order valence-electron chi connectivity index (χ4n) is 1.34. The average Bonchev–Trinajstić information content (AvgIpc) is 2.74. The lowest BCUT2D eigenvalue weighted by atomic mass is 10.1. The molecule has 0 aliphatic carbocycles. The van der Waals surface area contributed by atoms with Crippen molar-refractivity contribution in [1.82, 2.24) is 20.2 Å². The molecule has 0 bridgehead atoms. The zero-order valence-electron chi connectivity index (χ0n) is 8.02. The van der Waals surface area contributed by atoms with Crippen LogP contribution in [0, 0.1) is 0 Å². The van der Waals surface area contributed by atoms with Gasteiger partial charge in [-0.15, -0.1) is 5.10 Å². The molecule has 2 rings (SSSR count). The van der Waals surface area contributed by atoms with Gasteiger partial charge >= 0.3 is 0 Å². The molecule has 7 heteroatoms. The molecule has 0 saturated heterocycles. The van der Waals surface area contributed by atoms with Gasteiger partial charge in [0, 0.05) is 0 Å². The van der Waals surface area contributed by atoms with Crippen LogP contribution in [0.1, 0.15) is 11.6 Å². The van der Waals surface area contributed by atoms with Gasteiger partial charge in [0.05, 0.1) is 5.97 Å². The molecule has 82 valence electrons. The number of carboxylic acids is 1. The molecule has 7 nitrogen and oxygen atoms in total. The van der Waals surface area contributed by atoms with Crippen LogP contribution in [-0.4, -0.2) is 31.3 Å². The lowest BCUT2D eigenvalue weighted by molar-refractivity contribution is -0.309. The van der Waals surface area contributed by atoms with Crippen LogP contribution in [0.4, 0.5) is 0 Å². The van der Waals surface area contributed by atoms with E-state index in [0.717, 1.165) is 4.68 Å². The lowest BCUT2D eigenvalue weighted by Crippen LogP contribution is -2.34. The summed E-state index contributed by atoms with van der Waals surface area (Å²) in [7, 11) is 0. The van der Waals surface area contributed by atoms with Crippen molar-refractivity contribution in [2.75, 3.05) is 0 Å². The normalized spacial score (nSPS) is 12.2. The molecule has 2 aromatic rings. The van der Waals surface area contributed by atoms with E-state index < -0.39 is 12.0 Å². The van der Waals surface area contributed by atoms with Crippen molar-refractivity contribution in [2.24, 2.45) is 0 Å².